The van der Waals surface area contributed by atoms with Gasteiger partial charge in [-0.25, -0.2) is 4.98 Å². The molecule has 0 unspecified atom stereocenters. The lowest BCUT2D eigenvalue weighted by atomic mass is 10.2. The average Bonchev–Trinajstić information content (AvgIpc) is 2.73. The van der Waals surface area contributed by atoms with Crippen LogP contribution in [0, 0.1) is 6.92 Å². The number of aryl methyl sites for hydroxylation is 2. The van der Waals surface area contributed by atoms with Gasteiger partial charge in [-0.3, -0.25) is 4.68 Å². The summed E-state index contributed by atoms with van der Waals surface area (Å²) in [6.07, 6.45) is 1.86. The second kappa shape index (κ2) is 5.66. The maximum absolute atomic E-state index is 6.20. The minimum atomic E-state index is 0.665. The molecule has 6 heteroatoms. The Morgan fingerprint density at radius 2 is 2.14 bits per heavy atom. The largest absolute Gasteiger partial charge is 0.380 e. The lowest BCUT2D eigenvalue weighted by molar-refractivity contribution is 0.773. The average molecular weight is 366 g/mol. The summed E-state index contributed by atoms with van der Waals surface area (Å²) < 4.78 is 2.76. The number of aromatic nitrogens is 3. The van der Waals surface area contributed by atoms with E-state index in [4.69, 9.17) is 11.6 Å². The smallest absolute Gasteiger partial charge is 0.157 e. The molecule has 4 nitrogen and oxygen atoms in total. The number of halogens is 2. The van der Waals surface area contributed by atoms with Crippen LogP contribution in [0.4, 0.5) is 5.69 Å². The van der Waals surface area contributed by atoms with Gasteiger partial charge < -0.3 is 5.32 Å². The molecule has 0 saturated carbocycles. The monoisotopic (exact) mass is 364 g/mol. The van der Waals surface area contributed by atoms with Gasteiger partial charge in [-0.05, 0) is 36.8 Å². The number of anilines is 1. The van der Waals surface area contributed by atoms with Crippen molar-refractivity contribution in [3.8, 4) is 0 Å². The van der Waals surface area contributed by atoms with Crippen molar-refractivity contribution in [1.29, 1.82) is 0 Å². The van der Waals surface area contributed by atoms with Crippen molar-refractivity contribution in [2.45, 2.75) is 13.5 Å². The van der Waals surface area contributed by atoms with Crippen LogP contribution in [0.3, 0.4) is 0 Å². The van der Waals surface area contributed by atoms with Crippen LogP contribution in [-0.2, 0) is 13.6 Å². The Kier molecular flexibility index (Phi) is 3.87. The Balaban J connectivity index is 1.83. The molecule has 1 N–H and O–H groups in total. The molecule has 0 aliphatic rings. The molecular weight excluding hydrogens is 352 g/mol. The maximum atomic E-state index is 6.20. The highest BCUT2D eigenvalue weighted by molar-refractivity contribution is 9.10. The molecule has 21 heavy (non-hydrogen) atoms. The van der Waals surface area contributed by atoms with Gasteiger partial charge in [0.1, 0.15) is 0 Å². The van der Waals surface area contributed by atoms with Crippen LogP contribution in [0.2, 0.25) is 5.02 Å². The molecule has 2 heterocycles. The number of nitrogens with zero attached hydrogens (tertiary/aromatic N) is 3. The zero-order chi connectivity index (χ0) is 15.0. The van der Waals surface area contributed by atoms with Crippen molar-refractivity contribution >= 4 is 44.3 Å². The first-order valence-corrected chi connectivity index (χ1v) is 7.69. The fourth-order valence-corrected chi connectivity index (χ4v) is 3.02. The van der Waals surface area contributed by atoms with Crippen molar-refractivity contribution in [2.24, 2.45) is 7.05 Å². The van der Waals surface area contributed by atoms with Gasteiger partial charge in [-0.1, -0.05) is 27.5 Å². The summed E-state index contributed by atoms with van der Waals surface area (Å²) in [7, 11) is 1.90. The molecular formula is C15H14BrClN4. The Morgan fingerprint density at radius 3 is 2.90 bits per heavy atom. The first-order chi connectivity index (χ1) is 10.0. The fourth-order valence-electron chi connectivity index (χ4n) is 2.28. The van der Waals surface area contributed by atoms with Gasteiger partial charge >= 0.3 is 0 Å². The summed E-state index contributed by atoms with van der Waals surface area (Å²) in [6, 6.07) is 7.90. The van der Waals surface area contributed by atoms with E-state index in [0.717, 1.165) is 32.5 Å². The van der Waals surface area contributed by atoms with E-state index in [-0.39, 0.29) is 0 Å². The molecule has 0 aliphatic heterocycles. The van der Waals surface area contributed by atoms with Crippen molar-refractivity contribution < 1.29 is 0 Å². The van der Waals surface area contributed by atoms with Crippen molar-refractivity contribution in [3.63, 3.8) is 0 Å². The highest BCUT2D eigenvalue weighted by Gasteiger charge is 2.07. The molecule has 0 amide bonds. The number of hydrogen-bond acceptors (Lipinski definition) is 3. The van der Waals surface area contributed by atoms with Crippen LogP contribution in [0.25, 0.3) is 11.0 Å². The Labute approximate surface area is 136 Å². The third kappa shape index (κ3) is 2.89. The molecule has 0 spiro atoms. The molecule has 2 aromatic heterocycles. The molecule has 108 valence electrons. The third-order valence-corrected chi connectivity index (χ3v) is 4.14. The minimum absolute atomic E-state index is 0.665. The van der Waals surface area contributed by atoms with Gasteiger partial charge in [0.25, 0.3) is 0 Å². The highest BCUT2D eigenvalue weighted by Crippen LogP contribution is 2.26. The van der Waals surface area contributed by atoms with E-state index >= 15 is 0 Å². The molecule has 0 radical (unpaired) electrons. The number of hydrogen-bond donors (Lipinski definition) is 1. The molecule has 3 aromatic rings. The van der Waals surface area contributed by atoms with E-state index in [1.165, 1.54) is 0 Å². The van der Waals surface area contributed by atoms with E-state index in [1.807, 2.05) is 38.4 Å². The Hall–Kier alpha value is -1.59. The quantitative estimate of drug-likeness (QED) is 0.752. The molecule has 0 saturated heterocycles. The van der Waals surface area contributed by atoms with Crippen molar-refractivity contribution in [3.05, 3.63) is 51.2 Å². The number of fused-ring (bicyclic) bond motifs is 1. The van der Waals surface area contributed by atoms with Crippen LogP contribution >= 0.6 is 27.5 Å². The number of pyridine rings is 1. The summed E-state index contributed by atoms with van der Waals surface area (Å²) >= 11 is 9.60. The standard InChI is InChI=1S/C15H14BrClN4/c1-9-12-5-10(8-19-15(12)21(2)20-9)7-18-14-4-3-11(16)6-13(14)17/h3-6,8,18H,7H2,1-2H3. The molecule has 0 fully saturated rings. The lowest BCUT2D eigenvalue weighted by Crippen LogP contribution is -2.01. The van der Waals surface area contributed by atoms with Gasteiger partial charge in [-0.15, -0.1) is 0 Å². The van der Waals surface area contributed by atoms with Gasteiger partial charge in [0.15, 0.2) is 5.65 Å². The third-order valence-electron chi connectivity index (χ3n) is 3.33. The SMILES string of the molecule is Cc1nn(C)c2ncc(CNc3ccc(Br)cc3Cl)cc12. The Morgan fingerprint density at radius 1 is 1.33 bits per heavy atom. The second-order valence-electron chi connectivity index (χ2n) is 4.90. The van der Waals surface area contributed by atoms with Crippen LogP contribution in [-0.4, -0.2) is 14.8 Å². The van der Waals surface area contributed by atoms with E-state index in [1.54, 1.807) is 4.68 Å². The maximum Gasteiger partial charge on any atom is 0.157 e. The topological polar surface area (TPSA) is 42.7 Å². The van der Waals surface area contributed by atoms with E-state index in [0.29, 0.717) is 11.6 Å². The molecule has 0 aliphatic carbocycles. The molecule has 0 atom stereocenters. The number of nitrogens with one attached hydrogen (secondary N) is 1. The first kappa shape index (κ1) is 14.4. The predicted molar refractivity (Wildman–Crippen MR) is 89.7 cm³/mol. The fraction of sp³-hybridized carbons (Fsp3) is 0.200. The lowest BCUT2D eigenvalue weighted by Gasteiger charge is -2.09. The van der Waals surface area contributed by atoms with Crippen LogP contribution in [0.1, 0.15) is 11.3 Å². The van der Waals surface area contributed by atoms with Gasteiger partial charge in [0, 0.05) is 29.6 Å². The molecule has 3 rings (SSSR count). The second-order valence-corrected chi connectivity index (χ2v) is 6.22. The zero-order valence-electron chi connectivity index (χ0n) is 11.7. The number of benzene rings is 1. The predicted octanol–water partition coefficient (Wildman–Crippen LogP) is 4.30. The summed E-state index contributed by atoms with van der Waals surface area (Å²) in [6.45, 7) is 2.66. The number of rotatable bonds is 3. The highest BCUT2D eigenvalue weighted by atomic mass is 79.9. The molecule has 0 bridgehead atoms. The zero-order valence-corrected chi connectivity index (χ0v) is 14.0. The molecule has 1 aromatic carbocycles. The summed E-state index contributed by atoms with van der Waals surface area (Å²) in [5, 5.41) is 9.48. The first-order valence-electron chi connectivity index (χ1n) is 6.52. The van der Waals surface area contributed by atoms with E-state index in [9.17, 15) is 0 Å². The summed E-state index contributed by atoms with van der Waals surface area (Å²) in [5.41, 5.74) is 3.89. The summed E-state index contributed by atoms with van der Waals surface area (Å²) in [4.78, 5) is 4.47. The normalized spacial score (nSPS) is 11.0. The van der Waals surface area contributed by atoms with E-state index < -0.39 is 0 Å². The van der Waals surface area contributed by atoms with Crippen molar-refractivity contribution in [2.75, 3.05) is 5.32 Å². The Bertz CT molecular complexity index is 813. The van der Waals surface area contributed by atoms with Crippen LogP contribution < -0.4 is 5.32 Å². The van der Waals surface area contributed by atoms with Crippen molar-refractivity contribution in [1.82, 2.24) is 14.8 Å². The van der Waals surface area contributed by atoms with Crippen LogP contribution in [0.15, 0.2) is 34.9 Å². The van der Waals surface area contributed by atoms with Gasteiger partial charge in [-0.2, -0.15) is 5.10 Å². The van der Waals surface area contributed by atoms with Gasteiger partial charge in [0.05, 0.1) is 16.4 Å². The van der Waals surface area contributed by atoms with Gasteiger partial charge in [0.2, 0.25) is 0 Å². The van der Waals surface area contributed by atoms with E-state index in [2.05, 4.69) is 37.4 Å². The summed E-state index contributed by atoms with van der Waals surface area (Å²) in [5.74, 6) is 0. The van der Waals surface area contributed by atoms with Crippen LogP contribution in [0.5, 0.6) is 0 Å². The minimum Gasteiger partial charge on any atom is -0.380 e.